The quantitative estimate of drug-likeness (QED) is 0.407. The van der Waals surface area contributed by atoms with E-state index in [1.807, 2.05) is 27.7 Å². The Morgan fingerprint density at radius 3 is 1.47 bits per heavy atom. The lowest BCUT2D eigenvalue weighted by Gasteiger charge is -2.26. The predicted octanol–water partition coefficient (Wildman–Crippen LogP) is 3.17. The number of hydrogen-bond acceptors (Lipinski definition) is 4. The maximum Gasteiger partial charge on any atom is 0.321 e. The van der Waals surface area contributed by atoms with E-state index in [1.54, 1.807) is 13.8 Å². The Balaban J connectivity index is 4.72. The van der Waals surface area contributed by atoms with E-state index >= 15 is 0 Å². The molecule has 0 saturated heterocycles. The van der Waals surface area contributed by atoms with Crippen LogP contribution in [0.25, 0.3) is 0 Å². The van der Waals surface area contributed by atoms with Crippen LogP contribution in [0, 0.1) is 17.8 Å². The highest BCUT2D eigenvalue weighted by molar-refractivity contribution is 9.10. The summed E-state index contributed by atoms with van der Waals surface area (Å²) >= 11 is 3.36. The number of carbonyl (C=O) groups is 2. The van der Waals surface area contributed by atoms with E-state index in [0.29, 0.717) is 13.2 Å². The second-order valence-electron chi connectivity index (χ2n) is 6.05. The van der Waals surface area contributed by atoms with Gasteiger partial charge in [0.15, 0.2) is 5.92 Å². The van der Waals surface area contributed by atoms with Crippen LogP contribution in [0.1, 0.15) is 41.5 Å². The molecule has 19 heavy (non-hydrogen) atoms. The summed E-state index contributed by atoms with van der Waals surface area (Å²) in [6.45, 7) is 11.9. The van der Waals surface area contributed by atoms with Gasteiger partial charge in [-0.1, -0.05) is 43.6 Å². The SMILES string of the molecule is CC(C)COC(=O)C(C(=O)OCC(C)C)C(C)(C)Br. The molecule has 112 valence electrons. The third kappa shape index (κ3) is 7.55. The molecule has 0 aliphatic heterocycles. The fourth-order valence-electron chi connectivity index (χ4n) is 1.32. The van der Waals surface area contributed by atoms with Crippen LogP contribution in [0.15, 0.2) is 0 Å². The van der Waals surface area contributed by atoms with Gasteiger partial charge < -0.3 is 9.47 Å². The maximum absolute atomic E-state index is 12.0. The molecule has 0 aliphatic rings. The smallest absolute Gasteiger partial charge is 0.321 e. The first-order valence-electron chi connectivity index (χ1n) is 6.57. The third-order valence-electron chi connectivity index (χ3n) is 2.28. The van der Waals surface area contributed by atoms with E-state index in [9.17, 15) is 9.59 Å². The van der Waals surface area contributed by atoms with E-state index in [-0.39, 0.29) is 11.8 Å². The summed E-state index contributed by atoms with van der Waals surface area (Å²) in [5.74, 6) is -1.57. The van der Waals surface area contributed by atoms with Gasteiger partial charge in [0, 0.05) is 4.32 Å². The molecule has 0 aromatic carbocycles. The van der Waals surface area contributed by atoms with Gasteiger partial charge in [-0.05, 0) is 25.7 Å². The summed E-state index contributed by atoms with van der Waals surface area (Å²) in [6.07, 6.45) is 0. The Hall–Kier alpha value is -0.580. The van der Waals surface area contributed by atoms with Crippen LogP contribution in [-0.4, -0.2) is 29.5 Å². The van der Waals surface area contributed by atoms with E-state index < -0.39 is 22.2 Å². The molecule has 4 nitrogen and oxygen atoms in total. The molecule has 0 aliphatic carbocycles. The van der Waals surface area contributed by atoms with Crippen LogP contribution in [0.3, 0.4) is 0 Å². The molecule has 5 heteroatoms. The summed E-state index contributed by atoms with van der Waals surface area (Å²) in [4.78, 5) is 24.1. The second-order valence-corrected chi connectivity index (χ2v) is 8.09. The molecular formula is C14H25BrO4. The lowest BCUT2D eigenvalue weighted by atomic mass is 9.95. The zero-order chi connectivity index (χ0) is 15.2. The lowest BCUT2D eigenvalue weighted by Crippen LogP contribution is -2.41. The van der Waals surface area contributed by atoms with E-state index in [0.717, 1.165) is 0 Å². The highest BCUT2D eigenvalue weighted by atomic mass is 79.9. The summed E-state index contributed by atoms with van der Waals surface area (Å²) in [7, 11) is 0. The first kappa shape index (κ1) is 18.4. The number of esters is 2. The van der Waals surface area contributed by atoms with Gasteiger partial charge in [-0.15, -0.1) is 0 Å². The summed E-state index contributed by atoms with van der Waals surface area (Å²) in [6, 6.07) is 0. The van der Waals surface area contributed by atoms with Crippen molar-refractivity contribution in [1.29, 1.82) is 0 Å². The molecule has 0 heterocycles. The van der Waals surface area contributed by atoms with Gasteiger partial charge in [0.25, 0.3) is 0 Å². The van der Waals surface area contributed by atoms with Gasteiger partial charge >= 0.3 is 11.9 Å². The van der Waals surface area contributed by atoms with Gasteiger partial charge in [-0.2, -0.15) is 0 Å². The minimum Gasteiger partial charge on any atom is -0.465 e. The number of halogens is 1. The number of alkyl halides is 1. The topological polar surface area (TPSA) is 52.6 Å². The molecule has 0 atom stereocenters. The molecule has 0 saturated carbocycles. The van der Waals surface area contributed by atoms with Crippen LogP contribution < -0.4 is 0 Å². The molecule has 0 amide bonds. The van der Waals surface area contributed by atoms with Gasteiger partial charge in [0.1, 0.15) is 0 Å². The third-order valence-corrected chi connectivity index (χ3v) is 2.73. The number of ether oxygens (including phenoxy) is 2. The van der Waals surface area contributed by atoms with Gasteiger partial charge in [-0.3, -0.25) is 9.59 Å². The molecule has 0 aromatic heterocycles. The molecule has 0 spiro atoms. The fourth-order valence-corrected chi connectivity index (χ4v) is 1.69. The molecular weight excluding hydrogens is 312 g/mol. The van der Waals surface area contributed by atoms with Crippen molar-refractivity contribution in [1.82, 2.24) is 0 Å². The van der Waals surface area contributed by atoms with Crippen LogP contribution in [-0.2, 0) is 19.1 Å². The van der Waals surface area contributed by atoms with Crippen molar-refractivity contribution in [2.75, 3.05) is 13.2 Å². The van der Waals surface area contributed by atoms with E-state index in [2.05, 4.69) is 15.9 Å². The van der Waals surface area contributed by atoms with Gasteiger partial charge in [0.2, 0.25) is 0 Å². The average Bonchev–Trinajstić information content (AvgIpc) is 2.21. The first-order valence-corrected chi connectivity index (χ1v) is 7.37. The summed E-state index contributed by atoms with van der Waals surface area (Å²) in [5, 5.41) is 0. The lowest BCUT2D eigenvalue weighted by molar-refractivity contribution is -0.164. The number of carbonyl (C=O) groups excluding carboxylic acids is 2. The Morgan fingerprint density at radius 1 is 0.947 bits per heavy atom. The summed E-state index contributed by atoms with van der Waals surface area (Å²) < 4.78 is 9.60. The average molecular weight is 337 g/mol. The highest BCUT2D eigenvalue weighted by Crippen LogP contribution is 2.29. The molecule has 0 radical (unpaired) electrons. The zero-order valence-corrected chi connectivity index (χ0v) is 14.2. The molecule has 0 fully saturated rings. The van der Waals surface area contributed by atoms with Crippen LogP contribution in [0.2, 0.25) is 0 Å². The van der Waals surface area contributed by atoms with Crippen molar-refractivity contribution < 1.29 is 19.1 Å². The first-order chi connectivity index (χ1) is 8.55. The van der Waals surface area contributed by atoms with Crippen LogP contribution in [0.5, 0.6) is 0 Å². The van der Waals surface area contributed by atoms with Gasteiger partial charge in [-0.25, -0.2) is 0 Å². The molecule has 0 rings (SSSR count). The van der Waals surface area contributed by atoms with E-state index in [4.69, 9.17) is 9.47 Å². The standard InChI is InChI=1S/C14H25BrO4/c1-9(2)7-18-12(16)11(14(5,6)15)13(17)19-8-10(3)4/h9-11H,7-8H2,1-6H3. The van der Waals surface area contributed by atoms with Crippen LogP contribution in [0.4, 0.5) is 0 Å². The largest absolute Gasteiger partial charge is 0.465 e. The number of hydrogen-bond donors (Lipinski definition) is 0. The van der Waals surface area contributed by atoms with Crippen molar-refractivity contribution in [3.05, 3.63) is 0 Å². The van der Waals surface area contributed by atoms with Crippen LogP contribution >= 0.6 is 15.9 Å². The zero-order valence-electron chi connectivity index (χ0n) is 12.7. The minimum absolute atomic E-state index is 0.231. The monoisotopic (exact) mass is 336 g/mol. The predicted molar refractivity (Wildman–Crippen MR) is 78.1 cm³/mol. The van der Waals surface area contributed by atoms with Crippen molar-refractivity contribution >= 4 is 27.9 Å². The molecule has 0 aromatic rings. The van der Waals surface area contributed by atoms with Gasteiger partial charge in [0.05, 0.1) is 13.2 Å². The maximum atomic E-state index is 12.0. The van der Waals surface area contributed by atoms with E-state index in [1.165, 1.54) is 0 Å². The normalized spacial score (nSPS) is 12.1. The van der Waals surface area contributed by atoms with Crippen molar-refractivity contribution in [3.8, 4) is 0 Å². The fraction of sp³-hybridized carbons (Fsp3) is 0.857. The Labute approximate surface area is 124 Å². The Morgan fingerprint density at radius 2 is 1.26 bits per heavy atom. The molecule has 0 N–H and O–H groups in total. The summed E-state index contributed by atoms with van der Waals surface area (Å²) in [5.41, 5.74) is 0. The second kappa shape index (κ2) is 7.88. The van der Waals surface area contributed by atoms with Crippen molar-refractivity contribution in [3.63, 3.8) is 0 Å². The molecule has 0 unspecified atom stereocenters. The van der Waals surface area contributed by atoms with Crippen molar-refractivity contribution in [2.45, 2.75) is 45.9 Å². The number of rotatable bonds is 7. The highest BCUT2D eigenvalue weighted by Gasteiger charge is 2.42. The Kier molecular flexibility index (Phi) is 7.64. The Bertz CT molecular complexity index is 281. The molecule has 0 bridgehead atoms. The minimum atomic E-state index is -0.954. The van der Waals surface area contributed by atoms with Crippen molar-refractivity contribution in [2.24, 2.45) is 17.8 Å².